The van der Waals surface area contributed by atoms with Gasteiger partial charge in [-0.2, -0.15) is 9.97 Å². The summed E-state index contributed by atoms with van der Waals surface area (Å²) in [4.78, 5) is 15.5. The molecule has 10 rings (SSSR count). The summed E-state index contributed by atoms with van der Waals surface area (Å²) in [7, 11) is 0. The summed E-state index contributed by atoms with van der Waals surface area (Å²) in [5.74, 6) is 1.87. The molecule has 9 aromatic rings. The summed E-state index contributed by atoms with van der Waals surface area (Å²) >= 11 is 0. The van der Waals surface area contributed by atoms with Crippen LogP contribution in [0.3, 0.4) is 0 Å². The molecule has 1 aliphatic rings. The van der Waals surface area contributed by atoms with Crippen LogP contribution in [0.25, 0.3) is 83.6 Å². The summed E-state index contributed by atoms with van der Waals surface area (Å²) in [6.45, 7) is 8.66. The molecule has 0 aliphatic heterocycles. The molecular formula is C48H38N4. The lowest BCUT2D eigenvalue weighted by Crippen LogP contribution is -2.14. The van der Waals surface area contributed by atoms with Gasteiger partial charge in [0.1, 0.15) is 0 Å². The van der Waals surface area contributed by atoms with E-state index in [9.17, 15) is 0 Å². The normalized spacial score (nSPS) is 12.8. The third-order valence-electron chi connectivity index (χ3n) is 10.4. The molecule has 4 heteroatoms. The van der Waals surface area contributed by atoms with Crippen molar-refractivity contribution in [3.05, 3.63) is 169 Å². The van der Waals surface area contributed by atoms with Crippen molar-refractivity contribution in [3.63, 3.8) is 0 Å². The summed E-state index contributed by atoms with van der Waals surface area (Å²) in [5.41, 5.74) is 11.6. The quantitative estimate of drug-likeness (QED) is 0.187. The molecule has 0 radical (unpaired) electrons. The van der Waals surface area contributed by atoms with Gasteiger partial charge in [0.15, 0.2) is 11.6 Å². The van der Waals surface area contributed by atoms with Crippen LogP contribution in [0, 0.1) is 0 Å². The third-order valence-corrected chi connectivity index (χ3v) is 10.4. The Kier molecular flexibility index (Phi) is 7.55. The smallest absolute Gasteiger partial charge is 0.238 e. The van der Waals surface area contributed by atoms with E-state index in [4.69, 9.17) is 15.0 Å². The second-order valence-corrected chi connectivity index (χ2v) is 13.7. The van der Waals surface area contributed by atoms with E-state index in [0.717, 1.165) is 44.1 Å². The highest BCUT2D eigenvalue weighted by atomic mass is 15.2. The van der Waals surface area contributed by atoms with Crippen molar-refractivity contribution in [2.24, 2.45) is 0 Å². The molecule has 250 valence electrons. The minimum Gasteiger partial charge on any atom is -0.277 e. The van der Waals surface area contributed by atoms with Crippen LogP contribution in [0.4, 0.5) is 0 Å². The van der Waals surface area contributed by atoms with Crippen molar-refractivity contribution in [1.82, 2.24) is 19.5 Å². The number of hydrogen-bond acceptors (Lipinski definition) is 3. The molecule has 2 heterocycles. The van der Waals surface area contributed by atoms with Crippen molar-refractivity contribution < 1.29 is 0 Å². The van der Waals surface area contributed by atoms with Gasteiger partial charge in [-0.15, -0.1) is 0 Å². The second kappa shape index (κ2) is 12.4. The summed E-state index contributed by atoms with van der Waals surface area (Å²) in [6, 6.07) is 56.0. The predicted molar refractivity (Wildman–Crippen MR) is 217 cm³/mol. The number of rotatable bonds is 4. The molecule has 7 aromatic carbocycles. The van der Waals surface area contributed by atoms with Crippen LogP contribution in [-0.4, -0.2) is 19.5 Å². The van der Waals surface area contributed by atoms with E-state index >= 15 is 0 Å². The lowest BCUT2D eigenvalue weighted by Gasteiger charge is -2.21. The number of benzene rings is 7. The fraction of sp³-hybridized carbons (Fsp3) is 0.104. The Bertz CT molecular complexity index is 2720. The van der Waals surface area contributed by atoms with E-state index in [0.29, 0.717) is 17.6 Å². The van der Waals surface area contributed by atoms with Crippen LogP contribution in [0.2, 0.25) is 0 Å². The largest absolute Gasteiger partial charge is 0.277 e. The number of para-hydroxylation sites is 1. The molecule has 0 unspecified atom stereocenters. The van der Waals surface area contributed by atoms with Crippen molar-refractivity contribution in [3.8, 4) is 51.0 Å². The van der Waals surface area contributed by atoms with E-state index in [-0.39, 0.29) is 5.41 Å². The van der Waals surface area contributed by atoms with E-state index < -0.39 is 0 Å². The molecule has 0 saturated carbocycles. The predicted octanol–water partition coefficient (Wildman–Crippen LogP) is 12.5. The number of fused-ring (bicyclic) bond motifs is 7. The molecule has 0 spiro atoms. The Labute approximate surface area is 304 Å². The zero-order chi connectivity index (χ0) is 35.4. The first-order valence-electron chi connectivity index (χ1n) is 18.1. The Morgan fingerprint density at radius 2 is 1.02 bits per heavy atom. The number of hydrogen-bond donors (Lipinski definition) is 0. The first-order valence-corrected chi connectivity index (χ1v) is 18.1. The summed E-state index contributed by atoms with van der Waals surface area (Å²) in [6.07, 6.45) is 0. The Morgan fingerprint density at radius 3 is 1.71 bits per heavy atom. The molecule has 52 heavy (non-hydrogen) atoms. The molecule has 0 amide bonds. The monoisotopic (exact) mass is 670 g/mol. The summed E-state index contributed by atoms with van der Waals surface area (Å²) < 4.78 is 2.26. The molecule has 0 N–H and O–H groups in total. The highest BCUT2D eigenvalue weighted by Crippen LogP contribution is 2.50. The van der Waals surface area contributed by atoms with Gasteiger partial charge in [-0.05, 0) is 56.8 Å². The Balaban J connectivity index is 0.00000177. The average Bonchev–Trinajstić information content (AvgIpc) is 3.65. The van der Waals surface area contributed by atoms with Gasteiger partial charge in [0.05, 0.1) is 11.0 Å². The molecule has 0 saturated heterocycles. The molecule has 4 nitrogen and oxygen atoms in total. The number of nitrogens with zero attached hydrogens (tertiary/aromatic N) is 4. The van der Waals surface area contributed by atoms with E-state index in [1.807, 2.05) is 50.2 Å². The van der Waals surface area contributed by atoms with Crippen LogP contribution >= 0.6 is 0 Å². The van der Waals surface area contributed by atoms with Gasteiger partial charge >= 0.3 is 0 Å². The van der Waals surface area contributed by atoms with Gasteiger partial charge in [0.2, 0.25) is 5.95 Å². The SMILES string of the molecule is CC.CC1(C)c2ccccc2-c2cc(-c3cccc4c5cc6ccccc6cc5n(-c5nc(-c6ccccc6)nc(-c6ccccc6)n5)c34)ccc21. The van der Waals surface area contributed by atoms with Crippen LogP contribution < -0.4 is 0 Å². The second-order valence-electron chi connectivity index (χ2n) is 13.7. The Hall–Kier alpha value is -6.39. The standard InChI is InChI=1S/C46H32N4.C2H6/c1-46(2)39-23-12-11-20-35(39)37-27-33(24-25-40(37)46)34-21-13-22-36-38-26-31-18-9-10-19-32(31)28-41(38)50(42(34)36)45-48-43(29-14-5-3-6-15-29)47-44(49-45)30-16-7-4-8-17-30;1-2/h3-28H,1-2H3;1-2H3. The van der Waals surface area contributed by atoms with Gasteiger partial charge in [-0.3, -0.25) is 4.57 Å². The lowest BCUT2D eigenvalue weighted by molar-refractivity contribution is 0.660. The highest BCUT2D eigenvalue weighted by Gasteiger charge is 2.35. The number of aromatic nitrogens is 4. The third kappa shape index (κ3) is 4.94. The topological polar surface area (TPSA) is 43.6 Å². The van der Waals surface area contributed by atoms with E-state index in [2.05, 4.69) is 140 Å². The van der Waals surface area contributed by atoms with Gasteiger partial charge in [0, 0.05) is 32.9 Å². The van der Waals surface area contributed by atoms with Gasteiger partial charge in [-0.1, -0.05) is 167 Å². The first kappa shape index (κ1) is 31.6. The van der Waals surface area contributed by atoms with E-state index in [1.165, 1.54) is 33.0 Å². The average molecular weight is 671 g/mol. The minimum atomic E-state index is -0.0575. The highest BCUT2D eigenvalue weighted by molar-refractivity contribution is 6.17. The van der Waals surface area contributed by atoms with E-state index in [1.54, 1.807) is 0 Å². The molecule has 0 bridgehead atoms. The van der Waals surface area contributed by atoms with Gasteiger partial charge in [-0.25, -0.2) is 4.98 Å². The van der Waals surface area contributed by atoms with Crippen LogP contribution in [0.5, 0.6) is 0 Å². The minimum absolute atomic E-state index is 0.0575. The lowest BCUT2D eigenvalue weighted by atomic mass is 9.82. The maximum Gasteiger partial charge on any atom is 0.238 e. The van der Waals surface area contributed by atoms with Crippen LogP contribution in [-0.2, 0) is 5.41 Å². The van der Waals surface area contributed by atoms with Gasteiger partial charge in [0.25, 0.3) is 0 Å². The first-order chi connectivity index (χ1) is 25.5. The Morgan fingerprint density at radius 1 is 0.442 bits per heavy atom. The van der Waals surface area contributed by atoms with Crippen LogP contribution in [0.1, 0.15) is 38.8 Å². The maximum atomic E-state index is 5.23. The summed E-state index contributed by atoms with van der Waals surface area (Å²) in [5, 5.41) is 4.69. The van der Waals surface area contributed by atoms with Crippen molar-refractivity contribution in [1.29, 1.82) is 0 Å². The molecule has 2 aromatic heterocycles. The van der Waals surface area contributed by atoms with Gasteiger partial charge < -0.3 is 0 Å². The van der Waals surface area contributed by atoms with Crippen LogP contribution in [0.15, 0.2) is 158 Å². The van der Waals surface area contributed by atoms with Crippen molar-refractivity contribution >= 4 is 32.6 Å². The maximum absolute atomic E-state index is 5.23. The van der Waals surface area contributed by atoms with Crippen molar-refractivity contribution in [2.45, 2.75) is 33.1 Å². The fourth-order valence-electron chi connectivity index (χ4n) is 7.98. The fourth-order valence-corrected chi connectivity index (χ4v) is 7.98. The molecule has 0 atom stereocenters. The molecule has 1 aliphatic carbocycles. The van der Waals surface area contributed by atoms with Crippen molar-refractivity contribution in [2.75, 3.05) is 0 Å². The zero-order valence-electron chi connectivity index (χ0n) is 29.8. The zero-order valence-corrected chi connectivity index (χ0v) is 29.8. The molecular weight excluding hydrogens is 633 g/mol. The molecule has 0 fully saturated rings.